The molecule has 2 atom stereocenters. The van der Waals surface area contributed by atoms with E-state index in [1.165, 1.54) is 0 Å². The van der Waals surface area contributed by atoms with Crippen molar-refractivity contribution in [1.29, 1.82) is 0 Å². The van der Waals surface area contributed by atoms with Gasteiger partial charge >= 0.3 is 5.97 Å². The van der Waals surface area contributed by atoms with Crippen LogP contribution in [0.25, 0.3) is 0 Å². The summed E-state index contributed by atoms with van der Waals surface area (Å²) in [6, 6.07) is -0.958. The number of hydrogen-bond acceptors (Lipinski definition) is 4. The second-order valence-electron chi connectivity index (χ2n) is 7.70. The first-order chi connectivity index (χ1) is 12.3. The number of carboxylic acid groups (broad SMARTS) is 1. The van der Waals surface area contributed by atoms with Gasteiger partial charge in [-0.1, -0.05) is 13.8 Å². The van der Waals surface area contributed by atoms with E-state index in [0.717, 1.165) is 19.3 Å². The Kier molecular flexibility index (Phi) is 6.99. The average Bonchev–Trinajstić information content (AvgIpc) is 3.43. The number of nitrogens with one attached hydrogen (secondary N) is 2. The molecule has 0 spiro atoms. The molecule has 1 saturated heterocycles. The second-order valence-corrected chi connectivity index (χ2v) is 7.70. The van der Waals surface area contributed by atoms with Crippen LogP contribution in [-0.2, 0) is 19.2 Å². The highest BCUT2D eigenvalue weighted by atomic mass is 16.4. The maximum atomic E-state index is 12.3. The highest BCUT2D eigenvalue weighted by molar-refractivity contribution is 5.89. The first-order valence-corrected chi connectivity index (χ1v) is 9.36. The molecule has 0 radical (unpaired) electrons. The van der Waals surface area contributed by atoms with Crippen molar-refractivity contribution >= 4 is 23.7 Å². The molecule has 8 nitrogen and oxygen atoms in total. The number of hydrogen-bond donors (Lipinski definition) is 3. The summed E-state index contributed by atoms with van der Waals surface area (Å²) in [5, 5.41) is 14.2. The summed E-state index contributed by atoms with van der Waals surface area (Å²) in [6.45, 7) is 4.58. The van der Waals surface area contributed by atoms with Gasteiger partial charge in [-0.2, -0.15) is 0 Å². The number of carbonyl (C=O) groups excluding carboxylic acids is 3. The molecule has 2 rings (SSSR count). The van der Waals surface area contributed by atoms with Gasteiger partial charge in [-0.25, -0.2) is 4.79 Å². The molecule has 2 aliphatic rings. The van der Waals surface area contributed by atoms with Crippen LogP contribution in [0.15, 0.2) is 0 Å². The van der Waals surface area contributed by atoms with E-state index in [9.17, 15) is 19.2 Å². The van der Waals surface area contributed by atoms with Gasteiger partial charge in [0.25, 0.3) is 0 Å². The monoisotopic (exact) mass is 367 g/mol. The maximum Gasteiger partial charge on any atom is 0.326 e. The summed E-state index contributed by atoms with van der Waals surface area (Å²) in [5.74, 6) is -1.78. The Morgan fingerprint density at radius 2 is 1.81 bits per heavy atom. The Hall–Kier alpha value is -2.12. The van der Waals surface area contributed by atoms with Crippen molar-refractivity contribution in [2.75, 3.05) is 19.6 Å². The van der Waals surface area contributed by atoms with Gasteiger partial charge in [0.15, 0.2) is 0 Å². The molecule has 1 saturated carbocycles. The molecule has 0 aromatic carbocycles. The molecule has 8 heteroatoms. The smallest absolute Gasteiger partial charge is 0.326 e. The van der Waals surface area contributed by atoms with Crippen molar-refractivity contribution in [2.45, 2.75) is 52.0 Å². The van der Waals surface area contributed by atoms with Crippen molar-refractivity contribution in [3.05, 3.63) is 0 Å². The maximum absolute atomic E-state index is 12.3. The summed E-state index contributed by atoms with van der Waals surface area (Å²) in [5.41, 5.74) is 0. The summed E-state index contributed by atoms with van der Waals surface area (Å²) in [7, 11) is 0. The highest BCUT2D eigenvalue weighted by Crippen LogP contribution is 2.32. The summed E-state index contributed by atoms with van der Waals surface area (Å²) in [4.78, 5) is 49.3. The lowest BCUT2D eigenvalue weighted by Crippen LogP contribution is -2.49. The molecule has 1 aliphatic carbocycles. The van der Waals surface area contributed by atoms with Gasteiger partial charge in [-0.3, -0.25) is 14.4 Å². The highest BCUT2D eigenvalue weighted by Gasteiger charge is 2.36. The Bertz CT molecular complexity index is 559. The van der Waals surface area contributed by atoms with Crippen LogP contribution >= 0.6 is 0 Å². The van der Waals surface area contributed by atoms with Gasteiger partial charge in [0.1, 0.15) is 6.04 Å². The molecule has 26 heavy (non-hydrogen) atoms. The molecule has 2 fully saturated rings. The van der Waals surface area contributed by atoms with Crippen LogP contribution in [-0.4, -0.2) is 59.4 Å². The average molecular weight is 367 g/mol. The first-order valence-electron chi connectivity index (χ1n) is 9.36. The summed E-state index contributed by atoms with van der Waals surface area (Å²) < 4.78 is 0. The number of rotatable bonds is 8. The largest absolute Gasteiger partial charge is 0.480 e. The van der Waals surface area contributed by atoms with Crippen LogP contribution in [0.5, 0.6) is 0 Å². The van der Waals surface area contributed by atoms with E-state index in [2.05, 4.69) is 10.6 Å². The number of aliphatic carboxylic acids is 1. The molecule has 1 aliphatic heterocycles. The van der Waals surface area contributed by atoms with Crippen LogP contribution in [0.1, 0.15) is 46.0 Å². The molecular formula is C18H29N3O5. The quantitative estimate of drug-likeness (QED) is 0.573. The van der Waals surface area contributed by atoms with Crippen LogP contribution < -0.4 is 10.6 Å². The van der Waals surface area contributed by atoms with E-state index in [0.29, 0.717) is 25.9 Å². The standard InChI is InChI=1S/C18H29N3O5/c1-11(2)8-14(18(25)26)20-15(22)9-19-16(23)13-4-3-7-21(10-13)17(24)12-5-6-12/h11-14H,3-10H2,1-2H3,(H,19,23)(H,20,22)(H,25,26)/t13?,14-/m0/s1. The second kappa shape index (κ2) is 9.00. The zero-order valence-electron chi connectivity index (χ0n) is 15.5. The van der Waals surface area contributed by atoms with Crippen LogP contribution in [0, 0.1) is 17.8 Å². The zero-order chi connectivity index (χ0) is 19.3. The van der Waals surface area contributed by atoms with Crippen molar-refractivity contribution < 1.29 is 24.3 Å². The van der Waals surface area contributed by atoms with Crippen molar-refractivity contribution in [1.82, 2.24) is 15.5 Å². The predicted octanol–water partition coefficient (Wildman–Crippen LogP) is 0.367. The van der Waals surface area contributed by atoms with E-state index in [1.807, 2.05) is 13.8 Å². The van der Waals surface area contributed by atoms with E-state index in [-0.39, 0.29) is 36.1 Å². The third-order valence-electron chi connectivity index (χ3n) is 4.79. The lowest BCUT2D eigenvalue weighted by molar-refractivity contribution is -0.142. The molecule has 146 valence electrons. The van der Waals surface area contributed by atoms with Gasteiger partial charge in [-0.15, -0.1) is 0 Å². The van der Waals surface area contributed by atoms with Gasteiger partial charge in [0, 0.05) is 19.0 Å². The van der Waals surface area contributed by atoms with E-state index < -0.39 is 17.9 Å². The third kappa shape index (κ3) is 6.00. The fourth-order valence-corrected chi connectivity index (χ4v) is 3.23. The molecule has 3 amide bonds. The minimum absolute atomic E-state index is 0.128. The van der Waals surface area contributed by atoms with Crippen LogP contribution in [0.3, 0.4) is 0 Å². The SMILES string of the molecule is CC(C)C[C@H](NC(=O)CNC(=O)C1CCCN(C(=O)C2CC2)C1)C(=O)O. The van der Waals surface area contributed by atoms with Gasteiger partial charge in [-0.05, 0) is 38.0 Å². The van der Waals surface area contributed by atoms with Gasteiger partial charge in [0.05, 0.1) is 12.5 Å². The van der Waals surface area contributed by atoms with Gasteiger partial charge < -0.3 is 20.6 Å². The molecule has 3 N–H and O–H groups in total. The lowest BCUT2D eigenvalue weighted by atomic mass is 9.96. The van der Waals surface area contributed by atoms with Crippen LogP contribution in [0.2, 0.25) is 0 Å². The molecule has 0 bridgehead atoms. The fraction of sp³-hybridized carbons (Fsp3) is 0.778. The molecule has 1 unspecified atom stereocenters. The van der Waals surface area contributed by atoms with E-state index in [4.69, 9.17) is 5.11 Å². The predicted molar refractivity (Wildman–Crippen MR) is 94.1 cm³/mol. The lowest BCUT2D eigenvalue weighted by Gasteiger charge is -2.32. The Labute approximate surface area is 153 Å². The molecule has 0 aromatic rings. The topological polar surface area (TPSA) is 116 Å². The van der Waals surface area contributed by atoms with Crippen molar-refractivity contribution in [3.63, 3.8) is 0 Å². The van der Waals surface area contributed by atoms with Crippen molar-refractivity contribution in [3.8, 4) is 0 Å². The number of likely N-dealkylation sites (tertiary alicyclic amines) is 1. The normalized spacial score (nSPS) is 21.2. The number of nitrogens with zero attached hydrogens (tertiary/aromatic N) is 1. The summed E-state index contributed by atoms with van der Waals surface area (Å²) in [6.07, 6.45) is 3.67. The summed E-state index contributed by atoms with van der Waals surface area (Å²) >= 11 is 0. The first kappa shape index (κ1) is 20.2. The fourth-order valence-electron chi connectivity index (χ4n) is 3.23. The molecule has 0 aromatic heterocycles. The van der Waals surface area contributed by atoms with Crippen LogP contribution in [0.4, 0.5) is 0 Å². The third-order valence-corrected chi connectivity index (χ3v) is 4.79. The van der Waals surface area contributed by atoms with Crippen molar-refractivity contribution in [2.24, 2.45) is 17.8 Å². The van der Waals surface area contributed by atoms with E-state index in [1.54, 1.807) is 4.90 Å². The Morgan fingerprint density at radius 1 is 1.12 bits per heavy atom. The Balaban J connectivity index is 1.76. The van der Waals surface area contributed by atoms with E-state index >= 15 is 0 Å². The number of piperidine rings is 1. The molecular weight excluding hydrogens is 338 g/mol. The van der Waals surface area contributed by atoms with Gasteiger partial charge in [0.2, 0.25) is 17.7 Å². The number of amides is 3. The number of carbonyl (C=O) groups is 4. The zero-order valence-corrected chi connectivity index (χ0v) is 15.5. The minimum Gasteiger partial charge on any atom is -0.480 e. The minimum atomic E-state index is -1.08. The number of carboxylic acids is 1. The Morgan fingerprint density at radius 3 is 2.38 bits per heavy atom. The molecule has 1 heterocycles.